The average Bonchev–Trinajstić information content (AvgIpc) is 3.50. The number of anilines is 1. The van der Waals surface area contributed by atoms with Crippen LogP contribution in [0.15, 0.2) is 66.2 Å². The molecule has 1 atom stereocenters. The molecule has 5 rings (SSSR count). The highest BCUT2D eigenvalue weighted by molar-refractivity contribution is 6.51. The number of amides is 1. The van der Waals surface area contributed by atoms with E-state index >= 15 is 0 Å². The minimum absolute atomic E-state index is 0.0462. The van der Waals surface area contributed by atoms with Gasteiger partial charge in [-0.2, -0.15) is 0 Å². The molecule has 4 aromatic rings. The van der Waals surface area contributed by atoms with Gasteiger partial charge in [0.25, 0.3) is 5.78 Å². The van der Waals surface area contributed by atoms with Crippen LogP contribution < -0.4 is 19.1 Å². The summed E-state index contributed by atoms with van der Waals surface area (Å²) in [4.78, 5) is 36.2. The number of rotatable bonds is 8. The van der Waals surface area contributed by atoms with Gasteiger partial charge >= 0.3 is 5.91 Å². The van der Waals surface area contributed by atoms with Crippen LogP contribution in [0.5, 0.6) is 17.2 Å². The van der Waals surface area contributed by atoms with E-state index in [0.717, 1.165) is 5.56 Å². The lowest BCUT2D eigenvalue weighted by Crippen LogP contribution is -2.30. The number of nitrogens with one attached hydrogen (secondary N) is 1. The van der Waals surface area contributed by atoms with Crippen molar-refractivity contribution in [1.29, 1.82) is 0 Å². The molecule has 0 spiro atoms. The highest BCUT2D eigenvalue weighted by Gasteiger charge is 2.48. The lowest BCUT2D eigenvalue weighted by atomic mass is 9.93. The Morgan fingerprint density at radius 3 is 2.48 bits per heavy atom. The molecule has 40 heavy (non-hydrogen) atoms. The number of hydrogen-bond donors (Lipinski definition) is 2. The molecule has 1 aromatic heterocycles. The Balaban J connectivity index is 1.71. The first-order chi connectivity index (χ1) is 19.3. The van der Waals surface area contributed by atoms with Crippen molar-refractivity contribution in [3.63, 3.8) is 0 Å². The second-order valence-electron chi connectivity index (χ2n) is 9.73. The predicted octanol–water partition coefficient (Wildman–Crippen LogP) is 5.73. The maximum Gasteiger partial charge on any atom is 0.302 e. The molecule has 1 aliphatic heterocycles. The summed E-state index contributed by atoms with van der Waals surface area (Å²) in [5.41, 5.74) is 3.05. The third-order valence-corrected chi connectivity index (χ3v) is 6.96. The zero-order valence-corrected chi connectivity index (χ0v) is 23.0. The minimum atomic E-state index is -0.966. The number of benzene rings is 3. The number of carbonyl (C=O) groups excluding carboxylic acids is 2. The molecule has 2 N–H and O–H groups in total. The molecule has 1 fully saturated rings. The molecule has 9 heteroatoms. The molecule has 0 radical (unpaired) electrons. The van der Waals surface area contributed by atoms with Crippen molar-refractivity contribution in [3.05, 3.63) is 82.9 Å². The van der Waals surface area contributed by atoms with E-state index in [0.29, 0.717) is 46.0 Å². The smallest absolute Gasteiger partial charge is 0.302 e. The van der Waals surface area contributed by atoms with E-state index in [1.54, 1.807) is 67.8 Å². The quantitative estimate of drug-likeness (QED) is 0.166. The Labute approximate surface area is 232 Å². The van der Waals surface area contributed by atoms with E-state index in [1.165, 1.54) is 12.0 Å². The minimum Gasteiger partial charge on any atom is -0.507 e. The summed E-state index contributed by atoms with van der Waals surface area (Å²) < 4.78 is 16.5. The largest absolute Gasteiger partial charge is 0.507 e. The molecule has 1 aliphatic rings. The molecule has 1 unspecified atom stereocenters. The monoisotopic (exact) mass is 541 g/mol. The number of aliphatic hydroxyl groups excluding tert-OH is 1. The standard InChI is InChI=1S/C31H31N3O6/c1-6-40-25-13-10-19(15-22(25)17(2)3)28(35)26-27(18-8-7-9-20(14-18)38-4)34(30(37)29(26)36)31-32-23-12-11-21(39-5)16-24(23)33-31/h7-17,27,35H,6H2,1-5H3,(H,32,33)/b28-26+. The molecular weight excluding hydrogens is 510 g/mol. The van der Waals surface area contributed by atoms with Gasteiger partial charge < -0.3 is 24.3 Å². The maximum atomic E-state index is 13.6. The fraction of sp³-hybridized carbons (Fsp3) is 0.258. The molecule has 1 amide bonds. The van der Waals surface area contributed by atoms with Crippen molar-refractivity contribution in [2.24, 2.45) is 0 Å². The van der Waals surface area contributed by atoms with Crippen LogP contribution >= 0.6 is 0 Å². The van der Waals surface area contributed by atoms with Crippen LogP contribution in [0.1, 0.15) is 49.4 Å². The number of aromatic nitrogens is 2. The summed E-state index contributed by atoms with van der Waals surface area (Å²) >= 11 is 0. The number of aromatic amines is 1. The average molecular weight is 542 g/mol. The number of methoxy groups -OCH3 is 2. The fourth-order valence-corrected chi connectivity index (χ4v) is 4.98. The summed E-state index contributed by atoms with van der Waals surface area (Å²) in [7, 11) is 3.10. The number of imidazole rings is 1. The number of carbonyl (C=O) groups is 2. The molecule has 9 nitrogen and oxygen atoms in total. The molecule has 1 saturated heterocycles. The SMILES string of the molecule is CCOc1ccc(/C(O)=C2\C(=O)C(=O)N(c3nc4ccc(OC)cc4[nH]3)C2c2cccc(OC)c2)cc1C(C)C. The molecule has 206 valence electrons. The van der Waals surface area contributed by atoms with Gasteiger partial charge in [0.1, 0.15) is 23.0 Å². The number of H-pyrrole nitrogens is 1. The van der Waals surface area contributed by atoms with Crippen LogP contribution in [0.4, 0.5) is 5.95 Å². The first kappa shape index (κ1) is 26.8. The number of ketones is 1. The number of aliphatic hydroxyl groups is 1. The van der Waals surface area contributed by atoms with Crippen LogP contribution in [0.3, 0.4) is 0 Å². The van der Waals surface area contributed by atoms with Gasteiger partial charge in [-0.25, -0.2) is 4.98 Å². The summed E-state index contributed by atoms with van der Waals surface area (Å²) in [6, 6.07) is 16.6. The van der Waals surface area contributed by atoms with Crippen molar-refractivity contribution >= 4 is 34.4 Å². The van der Waals surface area contributed by atoms with Gasteiger partial charge in [-0.3, -0.25) is 14.5 Å². The first-order valence-corrected chi connectivity index (χ1v) is 13.0. The molecule has 3 aromatic carbocycles. The fourth-order valence-electron chi connectivity index (χ4n) is 4.98. The summed E-state index contributed by atoms with van der Waals surface area (Å²) in [6.45, 7) is 6.44. The number of nitrogens with zero attached hydrogens (tertiary/aromatic N) is 2. The maximum absolute atomic E-state index is 13.6. The van der Waals surface area contributed by atoms with Crippen LogP contribution in [-0.2, 0) is 9.59 Å². The van der Waals surface area contributed by atoms with Gasteiger partial charge in [-0.15, -0.1) is 0 Å². The van der Waals surface area contributed by atoms with Crippen molar-refractivity contribution in [3.8, 4) is 17.2 Å². The van der Waals surface area contributed by atoms with E-state index in [4.69, 9.17) is 14.2 Å². The normalized spacial score (nSPS) is 16.6. The lowest BCUT2D eigenvalue weighted by molar-refractivity contribution is -0.132. The van der Waals surface area contributed by atoms with Gasteiger partial charge in [-0.1, -0.05) is 26.0 Å². The number of Topliss-reactive ketones (excluding diaryl/α,β-unsaturated/α-hetero) is 1. The molecular formula is C31H31N3O6. The van der Waals surface area contributed by atoms with Crippen LogP contribution in [-0.4, -0.2) is 47.6 Å². The number of ether oxygens (including phenoxy) is 3. The number of hydrogen-bond acceptors (Lipinski definition) is 7. The van der Waals surface area contributed by atoms with E-state index in [1.807, 2.05) is 20.8 Å². The van der Waals surface area contributed by atoms with E-state index in [-0.39, 0.29) is 23.2 Å². The van der Waals surface area contributed by atoms with E-state index in [2.05, 4.69) is 9.97 Å². The third kappa shape index (κ3) is 4.64. The highest BCUT2D eigenvalue weighted by Crippen LogP contribution is 2.43. The summed E-state index contributed by atoms with van der Waals surface area (Å²) in [5, 5.41) is 11.6. The van der Waals surface area contributed by atoms with Gasteiger partial charge in [0.15, 0.2) is 0 Å². The Bertz CT molecular complexity index is 1640. The van der Waals surface area contributed by atoms with Gasteiger partial charge in [0, 0.05) is 11.6 Å². The van der Waals surface area contributed by atoms with E-state index < -0.39 is 17.7 Å². The second-order valence-corrected chi connectivity index (χ2v) is 9.73. The topological polar surface area (TPSA) is 114 Å². The predicted molar refractivity (Wildman–Crippen MR) is 152 cm³/mol. The molecule has 0 bridgehead atoms. The van der Waals surface area contributed by atoms with Crippen molar-refractivity contribution in [2.45, 2.75) is 32.7 Å². The first-order valence-electron chi connectivity index (χ1n) is 13.0. The highest BCUT2D eigenvalue weighted by atomic mass is 16.5. The van der Waals surface area contributed by atoms with Crippen molar-refractivity contribution < 1.29 is 28.9 Å². The third-order valence-electron chi connectivity index (χ3n) is 6.96. The van der Waals surface area contributed by atoms with Crippen LogP contribution in [0.2, 0.25) is 0 Å². The zero-order valence-electron chi connectivity index (χ0n) is 23.0. The van der Waals surface area contributed by atoms with Gasteiger partial charge in [0.2, 0.25) is 5.95 Å². The van der Waals surface area contributed by atoms with Gasteiger partial charge in [-0.05, 0) is 66.4 Å². The van der Waals surface area contributed by atoms with Crippen molar-refractivity contribution in [1.82, 2.24) is 9.97 Å². The van der Waals surface area contributed by atoms with Crippen LogP contribution in [0, 0.1) is 0 Å². The Morgan fingerprint density at radius 1 is 1.02 bits per heavy atom. The van der Waals surface area contributed by atoms with Crippen molar-refractivity contribution in [2.75, 3.05) is 25.7 Å². The van der Waals surface area contributed by atoms with Gasteiger partial charge in [0.05, 0.1) is 43.5 Å². The Hall–Kier alpha value is -4.79. The molecule has 2 heterocycles. The Kier molecular flexibility index (Phi) is 7.21. The Morgan fingerprint density at radius 2 is 1.77 bits per heavy atom. The second kappa shape index (κ2) is 10.8. The molecule has 0 saturated carbocycles. The number of fused-ring (bicyclic) bond motifs is 1. The summed E-state index contributed by atoms with van der Waals surface area (Å²) in [6.07, 6.45) is 0. The zero-order chi connectivity index (χ0) is 28.6. The summed E-state index contributed by atoms with van der Waals surface area (Å²) in [5.74, 6) is 0.225. The molecule has 0 aliphatic carbocycles. The van der Waals surface area contributed by atoms with E-state index in [9.17, 15) is 14.7 Å². The lowest BCUT2D eigenvalue weighted by Gasteiger charge is -2.23. The van der Waals surface area contributed by atoms with Crippen LogP contribution in [0.25, 0.3) is 16.8 Å².